The van der Waals surface area contributed by atoms with Crippen LogP contribution in [0.4, 0.5) is 0 Å². The molecule has 0 bridgehead atoms. The Morgan fingerprint density at radius 2 is 0.811 bits per heavy atom. The Morgan fingerprint density at radius 1 is 0.283 bits per heavy atom. The van der Waals surface area contributed by atoms with Crippen LogP contribution in [0.1, 0.15) is 25.0 Å². The lowest BCUT2D eigenvalue weighted by molar-refractivity contribution is 0.661. The molecule has 0 fully saturated rings. The second-order valence-corrected chi connectivity index (χ2v) is 15.2. The van der Waals surface area contributed by atoms with Crippen molar-refractivity contribution in [3.05, 3.63) is 193 Å². The lowest BCUT2D eigenvalue weighted by Crippen LogP contribution is -2.14. The number of hydrogen-bond acceptors (Lipinski definition) is 0. The molecule has 0 spiro atoms. The summed E-state index contributed by atoms with van der Waals surface area (Å²) in [6, 6.07) is 67.9. The van der Waals surface area contributed by atoms with E-state index in [1.54, 1.807) is 0 Å². The molecule has 0 nitrogen and oxygen atoms in total. The highest BCUT2D eigenvalue weighted by atomic mass is 14.4. The van der Waals surface area contributed by atoms with E-state index in [4.69, 9.17) is 0 Å². The minimum absolute atomic E-state index is 0.0858. The van der Waals surface area contributed by atoms with Crippen molar-refractivity contribution < 1.29 is 0 Å². The fourth-order valence-corrected chi connectivity index (χ4v) is 9.62. The summed E-state index contributed by atoms with van der Waals surface area (Å²) in [5.74, 6) is 0. The summed E-state index contributed by atoms with van der Waals surface area (Å²) in [6.07, 6.45) is 0. The van der Waals surface area contributed by atoms with Gasteiger partial charge >= 0.3 is 0 Å². The molecule has 0 aliphatic heterocycles. The molecule has 1 aliphatic carbocycles. The zero-order chi connectivity index (χ0) is 35.3. The predicted octanol–water partition coefficient (Wildman–Crippen LogP) is 14.8. The molecule has 0 amide bonds. The third-order valence-corrected chi connectivity index (χ3v) is 12.0. The standard InChI is InChI=1S/C53H36/c1-53(2)47-28-14-27-39(52(47)51-38-20-6-3-15-33(38)29-30-48(51)53)34-17-13-18-36(31-34)49-42-23-9-11-25-44(42)50(45-26-12-10-24-43(45)49)46-32-35-16-4-5-19-37(35)40-21-7-8-22-41(40)46/h3-32H,1-2H3. The first-order chi connectivity index (χ1) is 26.1. The van der Waals surface area contributed by atoms with Crippen LogP contribution in [0.5, 0.6) is 0 Å². The van der Waals surface area contributed by atoms with Gasteiger partial charge in [0.2, 0.25) is 0 Å². The molecule has 11 rings (SSSR count). The summed E-state index contributed by atoms with van der Waals surface area (Å²) in [6.45, 7) is 4.76. The normalized spacial score (nSPS) is 13.2. The van der Waals surface area contributed by atoms with Gasteiger partial charge in [-0.2, -0.15) is 0 Å². The molecular formula is C53H36. The molecule has 0 unspecified atom stereocenters. The third kappa shape index (κ3) is 4.30. The van der Waals surface area contributed by atoms with Crippen LogP contribution in [0.15, 0.2) is 182 Å². The van der Waals surface area contributed by atoms with Gasteiger partial charge in [0.25, 0.3) is 0 Å². The van der Waals surface area contributed by atoms with Crippen molar-refractivity contribution in [1.29, 1.82) is 0 Å². The van der Waals surface area contributed by atoms with Crippen molar-refractivity contribution in [2.45, 2.75) is 19.3 Å². The molecule has 10 aromatic carbocycles. The first-order valence-corrected chi connectivity index (χ1v) is 18.7. The minimum atomic E-state index is -0.0858. The molecule has 0 heterocycles. The van der Waals surface area contributed by atoms with Crippen LogP contribution in [0.2, 0.25) is 0 Å². The van der Waals surface area contributed by atoms with Crippen molar-refractivity contribution >= 4 is 53.9 Å². The van der Waals surface area contributed by atoms with Crippen LogP contribution in [-0.2, 0) is 5.41 Å². The van der Waals surface area contributed by atoms with Crippen molar-refractivity contribution in [1.82, 2.24) is 0 Å². The fourth-order valence-electron chi connectivity index (χ4n) is 9.62. The Hall–Kier alpha value is -6.50. The maximum Gasteiger partial charge on any atom is 0.0159 e. The van der Waals surface area contributed by atoms with Crippen molar-refractivity contribution in [3.63, 3.8) is 0 Å². The van der Waals surface area contributed by atoms with Crippen LogP contribution >= 0.6 is 0 Å². The van der Waals surface area contributed by atoms with Gasteiger partial charge < -0.3 is 0 Å². The minimum Gasteiger partial charge on any atom is -0.0616 e. The van der Waals surface area contributed by atoms with Crippen molar-refractivity contribution in [2.75, 3.05) is 0 Å². The summed E-state index contributed by atoms with van der Waals surface area (Å²) in [4.78, 5) is 0. The maximum atomic E-state index is 2.44. The van der Waals surface area contributed by atoms with E-state index in [-0.39, 0.29) is 5.41 Å². The zero-order valence-corrected chi connectivity index (χ0v) is 29.8. The fraction of sp³-hybridized carbons (Fsp3) is 0.0566. The van der Waals surface area contributed by atoms with Gasteiger partial charge in [0.15, 0.2) is 0 Å². The SMILES string of the molecule is CC1(C)c2cccc(-c3cccc(-c4c5ccccc5c(-c5cc6ccccc6c6ccccc56)c5ccccc45)c3)c2-c2c1ccc1ccccc21. The predicted molar refractivity (Wildman–Crippen MR) is 228 cm³/mol. The van der Waals surface area contributed by atoms with E-state index >= 15 is 0 Å². The van der Waals surface area contributed by atoms with E-state index in [0.717, 1.165) is 0 Å². The molecule has 0 N–H and O–H groups in total. The molecule has 0 saturated heterocycles. The highest BCUT2D eigenvalue weighted by Crippen LogP contribution is 2.55. The summed E-state index contributed by atoms with van der Waals surface area (Å²) < 4.78 is 0. The van der Waals surface area contributed by atoms with E-state index < -0.39 is 0 Å². The van der Waals surface area contributed by atoms with Crippen LogP contribution in [0, 0.1) is 0 Å². The van der Waals surface area contributed by atoms with Crippen LogP contribution in [0.3, 0.4) is 0 Å². The van der Waals surface area contributed by atoms with Crippen molar-refractivity contribution in [3.8, 4) is 44.5 Å². The quantitative estimate of drug-likeness (QED) is 0.129. The van der Waals surface area contributed by atoms with E-state index in [2.05, 4.69) is 196 Å². The largest absolute Gasteiger partial charge is 0.0616 e. The molecule has 0 radical (unpaired) electrons. The molecule has 0 atom stereocenters. The Morgan fingerprint density at radius 3 is 1.53 bits per heavy atom. The van der Waals surface area contributed by atoms with Crippen LogP contribution < -0.4 is 0 Å². The number of benzene rings is 10. The van der Waals surface area contributed by atoms with Gasteiger partial charge in [0, 0.05) is 5.41 Å². The number of hydrogen-bond donors (Lipinski definition) is 0. The third-order valence-electron chi connectivity index (χ3n) is 12.0. The lowest BCUT2D eigenvalue weighted by atomic mass is 9.81. The summed E-state index contributed by atoms with van der Waals surface area (Å²) in [5, 5.41) is 12.8. The molecular weight excluding hydrogens is 637 g/mol. The first kappa shape index (κ1) is 30.2. The Labute approximate surface area is 309 Å². The van der Waals surface area contributed by atoms with Gasteiger partial charge in [-0.05, 0) is 122 Å². The topological polar surface area (TPSA) is 0 Å². The second-order valence-electron chi connectivity index (χ2n) is 15.2. The van der Waals surface area contributed by atoms with E-state index in [9.17, 15) is 0 Å². The summed E-state index contributed by atoms with van der Waals surface area (Å²) in [5.41, 5.74) is 13.1. The second kappa shape index (κ2) is 11.2. The van der Waals surface area contributed by atoms with Gasteiger partial charge in [-0.3, -0.25) is 0 Å². The Bertz CT molecular complexity index is 3080. The molecule has 0 heteroatoms. The van der Waals surface area contributed by atoms with Gasteiger partial charge in [-0.15, -0.1) is 0 Å². The molecule has 10 aromatic rings. The smallest absolute Gasteiger partial charge is 0.0159 e. The highest BCUT2D eigenvalue weighted by Gasteiger charge is 2.37. The molecule has 1 aliphatic rings. The average Bonchev–Trinajstić information content (AvgIpc) is 3.46. The van der Waals surface area contributed by atoms with Gasteiger partial charge in [0.1, 0.15) is 0 Å². The van der Waals surface area contributed by atoms with E-state index in [0.29, 0.717) is 0 Å². The van der Waals surface area contributed by atoms with Gasteiger partial charge in [-0.1, -0.05) is 184 Å². The Balaban J connectivity index is 1.19. The first-order valence-electron chi connectivity index (χ1n) is 18.7. The molecule has 248 valence electrons. The van der Waals surface area contributed by atoms with Crippen LogP contribution in [0.25, 0.3) is 98.4 Å². The summed E-state index contributed by atoms with van der Waals surface area (Å²) in [7, 11) is 0. The van der Waals surface area contributed by atoms with Gasteiger partial charge in [0.05, 0.1) is 0 Å². The maximum absolute atomic E-state index is 2.44. The van der Waals surface area contributed by atoms with Gasteiger partial charge in [-0.25, -0.2) is 0 Å². The molecule has 53 heavy (non-hydrogen) atoms. The number of rotatable bonds is 3. The van der Waals surface area contributed by atoms with Crippen LogP contribution in [-0.4, -0.2) is 0 Å². The lowest BCUT2D eigenvalue weighted by Gasteiger charge is -2.22. The van der Waals surface area contributed by atoms with E-state index in [1.165, 1.54) is 109 Å². The highest BCUT2D eigenvalue weighted by molar-refractivity contribution is 6.26. The Kier molecular flexibility index (Phi) is 6.40. The monoisotopic (exact) mass is 672 g/mol. The number of fused-ring (bicyclic) bond motifs is 10. The molecule has 0 saturated carbocycles. The zero-order valence-electron chi connectivity index (χ0n) is 29.8. The molecule has 0 aromatic heterocycles. The van der Waals surface area contributed by atoms with Crippen molar-refractivity contribution in [2.24, 2.45) is 0 Å². The summed E-state index contributed by atoms with van der Waals surface area (Å²) >= 11 is 0. The average molecular weight is 673 g/mol. The van der Waals surface area contributed by atoms with E-state index in [1.807, 2.05) is 0 Å².